The number of carbonyl (C=O) groups is 1. The van der Waals surface area contributed by atoms with Gasteiger partial charge in [-0.05, 0) is 55.4 Å². The minimum atomic E-state index is -1.14. The van der Waals surface area contributed by atoms with Crippen molar-refractivity contribution in [3.63, 3.8) is 0 Å². The lowest BCUT2D eigenvalue weighted by Crippen LogP contribution is -2.58. The van der Waals surface area contributed by atoms with Crippen molar-refractivity contribution in [2.75, 3.05) is 6.61 Å². The van der Waals surface area contributed by atoms with Crippen LogP contribution in [0.15, 0.2) is 18.2 Å². The molecule has 0 aromatic heterocycles. The number of fused-ring (bicyclic) bond motifs is 1. The molecule has 3 unspecified atom stereocenters. The summed E-state index contributed by atoms with van der Waals surface area (Å²) in [5.41, 5.74) is 7.82. The number of hydrogen-bond acceptors (Lipinski definition) is 4. The second kappa shape index (κ2) is 5.65. The van der Waals surface area contributed by atoms with E-state index in [0.29, 0.717) is 18.1 Å². The summed E-state index contributed by atoms with van der Waals surface area (Å²) in [6.07, 6.45) is 4.93. The average molecular weight is 312 g/mol. The number of carbonyl (C=O) groups excluding carboxylic acids is 1. The van der Waals surface area contributed by atoms with Crippen molar-refractivity contribution in [1.82, 2.24) is 0 Å². The lowest BCUT2D eigenvalue weighted by atomic mass is 9.60. The van der Waals surface area contributed by atoms with Crippen LogP contribution in [-0.2, 0) is 21.5 Å². The number of hydrogen-bond donors (Lipinski definition) is 1. The van der Waals surface area contributed by atoms with Crippen LogP contribution in [0, 0.1) is 22.7 Å². The van der Waals surface area contributed by atoms with Crippen LogP contribution in [0.1, 0.15) is 56.2 Å². The van der Waals surface area contributed by atoms with E-state index < -0.39 is 5.54 Å². The zero-order valence-corrected chi connectivity index (χ0v) is 13.9. The normalized spacial score (nSPS) is 32.3. The van der Waals surface area contributed by atoms with Crippen molar-refractivity contribution in [2.45, 2.75) is 51.5 Å². The van der Waals surface area contributed by atoms with Gasteiger partial charge in [0.05, 0.1) is 18.2 Å². The molecule has 1 aromatic carbocycles. The van der Waals surface area contributed by atoms with Crippen molar-refractivity contribution >= 4 is 5.97 Å². The Morgan fingerprint density at radius 3 is 2.96 bits per heavy atom. The van der Waals surface area contributed by atoms with E-state index in [1.165, 1.54) is 6.42 Å². The topological polar surface area (TPSA) is 76.1 Å². The van der Waals surface area contributed by atoms with Gasteiger partial charge < -0.3 is 10.5 Å². The Morgan fingerprint density at radius 2 is 2.30 bits per heavy atom. The van der Waals surface area contributed by atoms with Crippen molar-refractivity contribution in [1.29, 1.82) is 5.26 Å². The summed E-state index contributed by atoms with van der Waals surface area (Å²) >= 11 is 0. The summed E-state index contributed by atoms with van der Waals surface area (Å²) in [4.78, 5) is 12.9. The predicted octanol–water partition coefficient (Wildman–Crippen LogP) is 3.03. The number of nitrogens with two attached hydrogens (primary N) is 1. The standard InChI is InChI=1S/C19H24N2O2/c1-3-23-17(22)19(21)16-9-14(12-20)6-7-15(16)11-18(19)8-4-5-13(2)10-18/h6-7,9,13H,3-5,8,10-11,21H2,1-2H3. The van der Waals surface area contributed by atoms with Gasteiger partial charge in [-0.25, -0.2) is 4.79 Å². The van der Waals surface area contributed by atoms with E-state index in [-0.39, 0.29) is 11.4 Å². The van der Waals surface area contributed by atoms with Crippen LogP contribution in [0.4, 0.5) is 0 Å². The fourth-order valence-corrected chi connectivity index (χ4v) is 4.71. The van der Waals surface area contributed by atoms with E-state index in [0.717, 1.165) is 36.8 Å². The fourth-order valence-electron chi connectivity index (χ4n) is 4.71. The van der Waals surface area contributed by atoms with Crippen molar-refractivity contribution in [2.24, 2.45) is 17.1 Å². The third-order valence-corrected chi connectivity index (χ3v) is 5.72. The van der Waals surface area contributed by atoms with Gasteiger partial charge in [0.2, 0.25) is 0 Å². The van der Waals surface area contributed by atoms with Gasteiger partial charge >= 0.3 is 5.97 Å². The molecule has 0 amide bonds. The minimum absolute atomic E-state index is 0.284. The Labute approximate surface area is 137 Å². The van der Waals surface area contributed by atoms with Gasteiger partial charge in [-0.1, -0.05) is 25.8 Å². The highest BCUT2D eigenvalue weighted by molar-refractivity contribution is 5.86. The lowest BCUT2D eigenvalue weighted by molar-refractivity contribution is -0.157. The van der Waals surface area contributed by atoms with Crippen LogP contribution >= 0.6 is 0 Å². The highest BCUT2D eigenvalue weighted by atomic mass is 16.5. The molecule has 1 saturated carbocycles. The molecule has 1 aromatic rings. The monoisotopic (exact) mass is 312 g/mol. The molecule has 0 heterocycles. The molecular weight excluding hydrogens is 288 g/mol. The Hall–Kier alpha value is -1.86. The molecule has 1 spiro atoms. The maximum atomic E-state index is 12.9. The van der Waals surface area contributed by atoms with Crippen molar-refractivity contribution in [3.8, 4) is 6.07 Å². The van der Waals surface area contributed by atoms with Gasteiger partial charge in [-0.15, -0.1) is 0 Å². The molecule has 4 nitrogen and oxygen atoms in total. The maximum absolute atomic E-state index is 12.9. The van der Waals surface area contributed by atoms with E-state index in [1.807, 2.05) is 12.1 Å². The van der Waals surface area contributed by atoms with Crippen LogP contribution in [0.5, 0.6) is 0 Å². The van der Waals surface area contributed by atoms with Crippen LogP contribution in [-0.4, -0.2) is 12.6 Å². The Balaban J connectivity index is 2.15. The molecule has 1 fully saturated rings. The smallest absolute Gasteiger partial charge is 0.331 e. The number of nitriles is 1. The molecule has 3 atom stereocenters. The number of benzene rings is 1. The Morgan fingerprint density at radius 1 is 1.52 bits per heavy atom. The molecule has 2 aliphatic carbocycles. The first kappa shape index (κ1) is 16.0. The highest BCUT2D eigenvalue weighted by Crippen LogP contribution is 2.58. The van der Waals surface area contributed by atoms with E-state index >= 15 is 0 Å². The van der Waals surface area contributed by atoms with Gasteiger partial charge in [0.15, 0.2) is 0 Å². The molecule has 0 saturated heterocycles. The summed E-state index contributed by atoms with van der Waals surface area (Å²) in [6, 6.07) is 7.73. The molecule has 4 heteroatoms. The van der Waals surface area contributed by atoms with Crippen molar-refractivity contribution in [3.05, 3.63) is 34.9 Å². The van der Waals surface area contributed by atoms with E-state index in [9.17, 15) is 10.1 Å². The van der Waals surface area contributed by atoms with Crippen molar-refractivity contribution < 1.29 is 9.53 Å². The molecule has 0 radical (unpaired) electrons. The molecule has 122 valence electrons. The number of esters is 1. The first-order valence-electron chi connectivity index (χ1n) is 8.46. The van der Waals surface area contributed by atoms with Gasteiger partial charge in [0.25, 0.3) is 0 Å². The maximum Gasteiger partial charge on any atom is 0.331 e. The highest BCUT2D eigenvalue weighted by Gasteiger charge is 2.61. The SMILES string of the molecule is CCOC(=O)C1(N)c2cc(C#N)ccc2CC12CCCC(C)C2. The van der Waals surface area contributed by atoms with Gasteiger partial charge in [-0.3, -0.25) is 0 Å². The Bertz CT molecular complexity index is 678. The average Bonchev–Trinajstić information content (AvgIpc) is 2.76. The molecule has 0 bridgehead atoms. The zero-order chi connectivity index (χ0) is 16.7. The second-order valence-corrected chi connectivity index (χ2v) is 7.17. The van der Waals surface area contributed by atoms with E-state index in [2.05, 4.69) is 13.0 Å². The van der Waals surface area contributed by atoms with E-state index in [1.54, 1.807) is 13.0 Å². The number of nitrogens with zero attached hydrogens (tertiary/aromatic N) is 1. The van der Waals surface area contributed by atoms with Gasteiger partial charge in [0, 0.05) is 5.41 Å². The summed E-state index contributed by atoms with van der Waals surface area (Å²) in [6.45, 7) is 4.35. The van der Waals surface area contributed by atoms with E-state index in [4.69, 9.17) is 10.5 Å². The number of rotatable bonds is 2. The third kappa shape index (κ3) is 2.26. The fraction of sp³-hybridized carbons (Fsp3) is 0.579. The lowest BCUT2D eigenvalue weighted by Gasteiger charge is -2.46. The molecule has 2 N–H and O–H groups in total. The third-order valence-electron chi connectivity index (χ3n) is 5.72. The van der Waals surface area contributed by atoms with Crippen LogP contribution < -0.4 is 5.73 Å². The molecular formula is C19H24N2O2. The van der Waals surface area contributed by atoms with Gasteiger partial charge in [0.1, 0.15) is 5.54 Å². The molecule has 0 aliphatic heterocycles. The van der Waals surface area contributed by atoms with Crippen LogP contribution in [0.25, 0.3) is 0 Å². The summed E-state index contributed by atoms with van der Waals surface area (Å²) in [5, 5.41) is 9.22. The summed E-state index contributed by atoms with van der Waals surface area (Å²) in [7, 11) is 0. The largest absolute Gasteiger partial charge is 0.464 e. The summed E-state index contributed by atoms with van der Waals surface area (Å²) in [5.74, 6) is 0.203. The number of ether oxygens (including phenoxy) is 1. The first-order chi connectivity index (χ1) is 11.0. The minimum Gasteiger partial charge on any atom is -0.464 e. The quantitative estimate of drug-likeness (QED) is 0.852. The second-order valence-electron chi connectivity index (χ2n) is 7.17. The van der Waals surface area contributed by atoms with Crippen LogP contribution in [0.3, 0.4) is 0 Å². The van der Waals surface area contributed by atoms with Gasteiger partial charge in [-0.2, -0.15) is 5.26 Å². The first-order valence-corrected chi connectivity index (χ1v) is 8.46. The molecule has 23 heavy (non-hydrogen) atoms. The molecule has 3 rings (SSSR count). The predicted molar refractivity (Wildman–Crippen MR) is 87.4 cm³/mol. The Kier molecular flexibility index (Phi) is 3.93. The molecule has 2 aliphatic rings. The summed E-state index contributed by atoms with van der Waals surface area (Å²) < 4.78 is 5.38. The van der Waals surface area contributed by atoms with Crippen LogP contribution in [0.2, 0.25) is 0 Å². The zero-order valence-electron chi connectivity index (χ0n) is 13.9.